The molecule has 0 bridgehead atoms. The molecule has 1 atom stereocenters. The van der Waals surface area contributed by atoms with E-state index >= 15 is 0 Å². The standard InChI is InChI=1S/C24H27N5O4/c1-15(25)10-24(22-28-23(32)33-29-22)20-6-2-16(11-26-13-30)8-18(20)4-5-19-9-17(12-27-14-31)3-7-21(19)24/h2-3,6-9,13-15H,4-5,10-12,25H2,1H3,(H,26,30)(H,27,31)(H,28,29,32)/t15-/m1/s1. The average Bonchev–Trinajstić information content (AvgIpc) is 3.20. The molecule has 1 heterocycles. The number of carbonyl (C=O) groups is 2. The van der Waals surface area contributed by atoms with Gasteiger partial charge < -0.3 is 20.9 Å². The minimum Gasteiger partial charge on any atom is -0.355 e. The summed E-state index contributed by atoms with van der Waals surface area (Å²) in [5, 5.41) is 8.17. The lowest BCUT2D eigenvalue weighted by molar-refractivity contribution is -0.110. The highest BCUT2D eigenvalue weighted by Gasteiger charge is 2.44. The van der Waals surface area contributed by atoms with Crippen LogP contribution in [-0.2, 0) is 40.9 Å². The van der Waals surface area contributed by atoms with E-state index in [0.717, 1.165) is 46.2 Å². The molecule has 1 aliphatic rings. The fourth-order valence-electron chi connectivity index (χ4n) is 4.96. The second-order valence-electron chi connectivity index (χ2n) is 8.50. The minimum atomic E-state index is -0.825. The van der Waals surface area contributed by atoms with Crippen molar-refractivity contribution in [1.82, 2.24) is 20.8 Å². The van der Waals surface area contributed by atoms with Crippen molar-refractivity contribution in [2.24, 2.45) is 5.73 Å². The molecule has 172 valence electrons. The third-order valence-corrected chi connectivity index (χ3v) is 6.17. The molecule has 0 fully saturated rings. The first kappa shape index (κ1) is 22.5. The molecule has 2 aromatic carbocycles. The van der Waals surface area contributed by atoms with Crippen molar-refractivity contribution in [2.75, 3.05) is 0 Å². The molecule has 4 rings (SSSR count). The molecule has 0 spiro atoms. The van der Waals surface area contributed by atoms with E-state index in [1.807, 2.05) is 31.2 Å². The minimum absolute atomic E-state index is 0.211. The van der Waals surface area contributed by atoms with Crippen LogP contribution >= 0.6 is 0 Å². The maximum absolute atomic E-state index is 12.0. The molecule has 1 aliphatic carbocycles. The number of amides is 2. The van der Waals surface area contributed by atoms with Crippen LogP contribution in [0.1, 0.15) is 52.5 Å². The maximum Gasteiger partial charge on any atom is 0.459 e. The predicted molar refractivity (Wildman–Crippen MR) is 121 cm³/mol. The topological polar surface area (TPSA) is 143 Å². The Bertz CT molecular complexity index is 1150. The second kappa shape index (κ2) is 9.41. The van der Waals surface area contributed by atoms with Crippen LogP contribution < -0.4 is 22.1 Å². The van der Waals surface area contributed by atoms with Crippen molar-refractivity contribution in [3.8, 4) is 0 Å². The molecule has 9 nitrogen and oxygen atoms in total. The molecule has 0 unspecified atom stereocenters. The number of hydrogen-bond acceptors (Lipinski definition) is 6. The van der Waals surface area contributed by atoms with Crippen molar-refractivity contribution in [3.63, 3.8) is 0 Å². The zero-order chi connectivity index (χ0) is 23.4. The van der Waals surface area contributed by atoms with Gasteiger partial charge in [0.05, 0.1) is 5.41 Å². The van der Waals surface area contributed by atoms with Crippen LogP contribution in [0.5, 0.6) is 0 Å². The molecule has 0 saturated heterocycles. The number of aromatic amines is 1. The van der Waals surface area contributed by atoms with Gasteiger partial charge in [-0.15, -0.1) is 0 Å². The first-order valence-corrected chi connectivity index (χ1v) is 10.9. The molecule has 9 heteroatoms. The molecule has 33 heavy (non-hydrogen) atoms. The van der Waals surface area contributed by atoms with Crippen molar-refractivity contribution in [1.29, 1.82) is 0 Å². The number of aromatic nitrogens is 2. The van der Waals surface area contributed by atoms with E-state index in [1.54, 1.807) is 0 Å². The summed E-state index contributed by atoms with van der Waals surface area (Å²) in [6.07, 6.45) is 3.36. The SMILES string of the molecule is C[C@@H](N)CC1(c2nc(=O)o[nH]2)c2ccc(CNC=O)cc2CCc2cc(CNC=O)ccc21. The largest absolute Gasteiger partial charge is 0.459 e. The number of nitrogens with one attached hydrogen (secondary N) is 3. The zero-order valence-corrected chi connectivity index (χ0v) is 18.4. The summed E-state index contributed by atoms with van der Waals surface area (Å²) in [7, 11) is 0. The summed E-state index contributed by atoms with van der Waals surface area (Å²) in [4.78, 5) is 37.8. The molecular weight excluding hydrogens is 422 g/mol. The summed E-state index contributed by atoms with van der Waals surface area (Å²) in [6.45, 7) is 2.77. The Kier molecular flexibility index (Phi) is 6.41. The van der Waals surface area contributed by atoms with Crippen LogP contribution in [-0.4, -0.2) is 29.0 Å². The van der Waals surface area contributed by atoms with E-state index in [-0.39, 0.29) is 6.04 Å². The first-order chi connectivity index (χ1) is 16.0. The first-order valence-electron chi connectivity index (χ1n) is 10.9. The van der Waals surface area contributed by atoms with Crippen molar-refractivity contribution in [2.45, 2.75) is 50.7 Å². The second-order valence-corrected chi connectivity index (χ2v) is 8.50. The van der Waals surface area contributed by atoms with Gasteiger partial charge in [0.15, 0.2) is 5.82 Å². The third-order valence-electron chi connectivity index (χ3n) is 6.17. The molecule has 0 radical (unpaired) electrons. The Morgan fingerprint density at radius 3 is 2.03 bits per heavy atom. The van der Waals surface area contributed by atoms with Crippen molar-refractivity contribution < 1.29 is 14.1 Å². The van der Waals surface area contributed by atoms with Crippen molar-refractivity contribution in [3.05, 3.63) is 86.2 Å². The fourth-order valence-corrected chi connectivity index (χ4v) is 4.96. The number of nitrogens with two attached hydrogens (primary N) is 1. The lowest BCUT2D eigenvalue weighted by atomic mass is 9.68. The van der Waals surface area contributed by atoms with Crippen molar-refractivity contribution >= 4 is 12.8 Å². The number of fused-ring (bicyclic) bond motifs is 2. The Labute approximate surface area is 190 Å². The number of hydrogen-bond donors (Lipinski definition) is 4. The highest BCUT2D eigenvalue weighted by molar-refractivity contribution is 5.56. The lowest BCUT2D eigenvalue weighted by Gasteiger charge is -2.36. The highest BCUT2D eigenvalue weighted by atomic mass is 16.5. The van der Waals surface area contributed by atoms with Crippen LogP contribution in [0.3, 0.4) is 0 Å². The number of H-pyrrole nitrogens is 1. The van der Waals surface area contributed by atoms with Gasteiger partial charge in [-0.1, -0.05) is 36.4 Å². The molecule has 2 amide bonds. The van der Waals surface area contributed by atoms with E-state index in [4.69, 9.17) is 10.3 Å². The number of carbonyl (C=O) groups excluding carboxylic acids is 2. The average molecular weight is 450 g/mol. The molecule has 5 N–H and O–H groups in total. The van der Waals surface area contributed by atoms with Crippen LogP contribution in [0.2, 0.25) is 0 Å². The van der Waals surface area contributed by atoms with E-state index < -0.39 is 11.2 Å². The number of nitrogens with zero attached hydrogens (tertiary/aromatic N) is 1. The highest BCUT2D eigenvalue weighted by Crippen LogP contribution is 2.46. The molecular formula is C24H27N5O4. The molecule has 3 aromatic rings. The lowest BCUT2D eigenvalue weighted by Crippen LogP contribution is -2.38. The number of aryl methyl sites for hydroxylation is 2. The quantitative estimate of drug-likeness (QED) is 0.359. The van der Waals surface area contributed by atoms with Crippen LogP contribution in [0.15, 0.2) is 45.7 Å². The van der Waals surface area contributed by atoms with Crippen LogP contribution in [0.25, 0.3) is 0 Å². The Morgan fingerprint density at radius 2 is 1.61 bits per heavy atom. The van der Waals surface area contributed by atoms with E-state index in [0.29, 0.717) is 38.2 Å². The summed E-state index contributed by atoms with van der Waals surface area (Å²) >= 11 is 0. The van der Waals surface area contributed by atoms with E-state index in [9.17, 15) is 14.4 Å². The molecule has 0 saturated carbocycles. The normalized spacial score (nSPS) is 15.0. The van der Waals surface area contributed by atoms with E-state index in [2.05, 4.69) is 32.9 Å². The Morgan fingerprint density at radius 1 is 1.06 bits per heavy atom. The van der Waals surface area contributed by atoms with Gasteiger partial charge in [-0.2, -0.15) is 4.98 Å². The number of benzene rings is 2. The summed E-state index contributed by atoms with van der Waals surface area (Å²) < 4.78 is 5.02. The third kappa shape index (κ3) is 4.31. The smallest absolute Gasteiger partial charge is 0.355 e. The van der Waals surface area contributed by atoms with Gasteiger partial charge in [-0.25, -0.2) is 9.95 Å². The zero-order valence-electron chi connectivity index (χ0n) is 18.4. The summed E-state index contributed by atoms with van der Waals surface area (Å²) in [5.41, 5.74) is 11.7. The van der Waals surface area contributed by atoms with Crippen LogP contribution in [0.4, 0.5) is 0 Å². The van der Waals surface area contributed by atoms with Gasteiger partial charge in [0.2, 0.25) is 12.8 Å². The monoisotopic (exact) mass is 449 g/mol. The van der Waals surface area contributed by atoms with E-state index in [1.165, 1.54) is 0 Å². The Balaban J connectivity index is 1.97. The maximum atomic E-state index is 12.0. The van der Waals surface area contributed by atoms with Gasteiger partial charge in [0.25, 0.3) is 0 Å². The molecule has 0 aliphatic heterocycles. The van der Waals surface area contributed by atoms with Crippen LogP contribution in [0, 0.1) is 0 Å². The summed E-state index contributed by atoms with van der Waals surface area (Å²) in [5.74, 6) is -0.285. The van der Waals surface area contributed by atoms with Gasteiger partial charge in [-0.05, 0) is 59.6 Å². The number of rotatable bonds is 9. The van der Waals surface area contributed by atoms with Gasteiger partial charge in [0.1, 0.15) is 0 Å². The van der Waals surface area contributed by atoms with Gasteiger partial charge in [-0.3, -0.25) is 9.59 Å². The predicted octanol–water partition coefficient (Wildman–Crippen LogP) is 1.03. The fraction of sp³-hybridized carbons (Fsp3) is 0.333. The Hall–Kier alpha value is -3.72. The van der Waals surface area contributed by atoms with Gasteiger partial charge in [0, 0.05) is 19.1 Å². The van der Waals surface area contributed by atoms with Gasteiger partial charge >= 0.3 is 5.76 Å². The molecule has 1 aromatic heterocycles. The summed E-state index contributed by atoms with van der Waals surface area (Å²) in [6, 6.07) is 12.0.